The molecular weight excluding hydrogens is 440 g/mol. The smallest absolute Gasteiger partial charge is 0.261 e. The summed E-state index contributed by atoms with van der Waals surface area (Å²) in [4.78, 5) is 0.150. The summed E-state index contributed by atoms with van der Waals surface area (Å²) in [7, 11) is -3.73. The van der Waals surface area contributed by atoms with Crippen molar-refractivity contribution in [1.82, 2.24) is 0 Å². The SMILES string of the molecule is CC(OS(=O)(=O)c1ccccc1)C(Br)(Br)CBr. The molecule has 1 unspecified atom stereocenters. The molecule has 7 heteroatoms. The molecular formula is C10H11Br3O3S. The van der Waals surface area contributed by atoms with Crippen LogP contribution in [0.2, 0.25) is 0 Å². The van der Waals surface area contributed by atoms with Gasteiger partial charge in [0.15, 0.2) is 0 Å². The van der Waals surface area contributed by atoms with Crippen molar-refractivity contribution < 1.29 is 12.6 Å². The van der Waals surface area contributed by atoms with Crippen LogP contribution in [0.1, 0.15) is 6.92 Å². The number of hydrogen-bond acceptors (Lipinski definition) is 3. The Morgan fingerprint density at radius 3 is 2.29 bits per heavy atom. The van der Waals surface area contributed by atoms with Gasteiger partial charge in [-0.3, -0.25) is 4.18 Å². The van der Waals surface area contributed by atoms with E-state index in [1.54, 1.807) is 25.1 Å². The second-order valence-corrected chi connectivity index (χ2v) is 9.43. The summed E-state index contributed by atoms with van der Waals surface area (Å²) in [5, 5.41) is 0.505. The molecule has 0 aliphatic rings. The lowest BCUT2D eigenvalue weighted by molar-refractivity contribution is 0.226. The van der Waals surface area contributed by atoms with Crippen LogP contribution in [0.5, 0.6) is 0 Å². The van der Waals surface area contributed by atoms with Gasteiger partial charge in [0.1, 0.15) is 9.34 Å². The summed E-state index contributed by atoms with van der Waals surface area (Å²) in [5.74, 6) is 0. The third kappa shape index (κ3) is 4.31. The van der Waals surface area contributed by atoms with Crippen molar-refractivity contribution in [2.45, 2.75) is 21.2 Å². The maximum atomic E-state index is 11.9. The Morgan fingerprint density at radius 2 is 1.82 bits per heavy atom. The minimum Gasteiger partial charge on any atom is -0.261 e. The van der Waals surface area contributed by atoms with E-state index < -0.39 is 19.5 Å². The van der Waals surface area contributed by atoms with Crippen LogP contribution in [0.3, 0.4) is 0 Å². The number of benzene rings is 1. The monoisotopic (exact) mass is 448 g/mol. The van der Waals surface area contributed by atoms with E-state index in [0.29, 0.717) is 5.33 Å². The second-order valence-electron chi connectivity index (χ2n) is 3.40. The molecule has 0 aromatic heterocycles. The molecule has 0 amide bonds. The van der Waals surface area contributed by atoms with Crippen molar-refractivity contribution in [3.05, 3.63) is 30.3 Å². The van der Waals surface area contributed by atoms with E-state index in [4.69, 9.17) is 4.18 Å². The highest BCUT2D eigenvalue weighted by atomic mass is 79.9. The molecule has 0 heterocycles. The zero-order valence-electron chi connectivity index (χ0n) is 8.94. The standard InChI is InChI=1S/C10H11Br3O3S/c1-8(10(12,13)7-11)16-17(14,15)9-5-3-2-4-6-9/h2-6,8H,7H2,1H3. The lowest BCUT2D eigenvalue weighted by Gasteiger charge is -2.25. The van der Waals surface area contributed by atoms with Gasteiger partial charge < -0.3 is 0 Å². The van der Waals surface area contributed by atoms with Crippen LogP contribution in [0.25, 0.3) is 0 Å². The largest absolute Gasteiger partial charge is 0.297 e. The quantitative estimate of drug-likeness (QED) is 0.508. The Kier molecular flexibility index (Phi) is 5.65. The highest BCUT2D eigenvalue weighted by Gasteiger charge is 2.34. The molecule has 0 fully saturated rings. The summed E-state index contributed by atoms with van der Waals surface area (Å²) in [6.45, 7) is 1.67. The minimum absolute atomic E-state index is 0.150. The van der Waals surface area contributed by atoms with Gasteiger partial charge in [0, 0.05) is 5.33 Å². The fraction of sp³-hybridized carbons (Fsp3) is 0.400. The maximum Gasteiger partial charge on any atom is 0.297 e. The number of halogens is 3. The average molecular weight is 451 g/mol. The average Bonchev–Trinajstić information content (AvgIpc) is 2.29. The van der Waals surface area contributed by atoms with Crippen molar-refractivity contribution in [3.63, 3.8) is 0 Å². The number of hydrogen-bond donors (Lipinski definition) is 0. The van der Waals surface area contributed by atoms with Crippen LogP contribution in [0.15, 0.2) is 35.2 Å². The van der Waals surface area contributed by atoms with Gasteiger partial charge >= 0.3 is 0 Å². The van der Waals surface area contributed by atoms with Gasteiger partial charge in [0.2, 0.25) is 0 Å². The molecule has 1 aromatic carbocycles. The van der Waals surface area contributed by atoms with E-state index in [1.807, 2.05) is 0 Å². The minimum atomic E-state index is -3.73. The van der Waals surface area contributed by atoms with Gasteiger partial charge in [-0.1, -0.05) is 66.0 Å². The molecule has 0 bridgehead atoms. The first kappa shape index (κ1) is 15.6. The maximum absolute atomic E-state index is 11.9. The van der Waals surface area contributed by atoms with Gasteiger partial charge in [-0.15, -0.1) is 0 Å². The summed E-state index contributed by atoms with van der Waals surface area (Å²) in [5.41, 5.74) is 0. The van der Waals surface area contributed by atoms with Crippen molar-refractivity contribution in [2.24, 2.45) is 0 Å². The van der Waals surface area contributed by atoms with Crippen molar-refractivity contribution >= 4 is 57.9 Å². The Balaban J connectivity index is 2.89. The lowest BCUT2D eigenvalue weighted by Crippen LogP contribution is -2.33. The molecule has 0 N–H and O–H groups in total. The van der Waals surface area contributed by atoms with E-state index in [0.717, 1.165) is 0 Å². The Morgan fingerprint density at radius 1 is 1.29 bits per heavy atom. The Hall–Kier alpha value is 0.570. The van der Waals surface area contributed by atoms with Gasteiger partial charge in [-0.25, -0.2) is 0 Å². The van der Waals surface area contributed by atoms with Crippen molar-refractivity contribution in [1.29, 1.82) is 0 Å². The third-order valence-electron chi connectivity index (χ3n) is 2.08. The fourth-order valence-electron chi connectivity index (χ4n) is 1.01. The summed E-state index contributed by atoms with van der Waals surface area (Å²) in [6.07, 6.45) is -0.563. The molecule has 0 aliphatic heterocycles. The highest BCUT2D eigenvalue weighted by molar-refractivity contribution is 9.26. The molecule has 0 aliphatic carbocycles. The zero-order valence-corrected chi connectivity index (χ0v) is 14.5. The zero-order chi connectivity index (χ0) is 13.1. The van der Waals surface area contributed by atoms with E-state index in [2.05, 4.69) is 47.8 Å². The van der Waals surface area contributed by atoms with E-state index in [1.165, 1.54) is 12.1 Å². The fourth-order valence-corrected chi connectivity index (χ4v) is 3.05. The van der Waals surface area contributed by atoms with Crippen molar-refractivity contribution in [2.75, 3.05) is 5.33 Å². The van der Waals surface area contributed by atoms with E-state index in [-0.39, 0.29) is 4.90 Å². The van der Waals surface area contributed by atoms with Crippen LogP contribution < -0.4 is 0 Å². The molecule has 0 radical (unpaired) electrons. The second kappa shape index (κ2) is 6.14. The first-order valence-electron chi connectivity index (χ1n) is 4.72. The highest BCUT2D eigenvalue weighted by Crippen LogP contribution is 2.35. The van der Waals surface area contributed by atoms with Crippen LogP contribution >= 0.6 is 47.8 Å². The predicted octanol–water partition coefficient (Wildman–Crippen LogP) is 3.66. The number of rotatable bonds is 5. The van der Waals surface area contributed by atoms with E-state index in [9.17, 15) is 8.42 Å². The van der Waals surface area contributed by atoms with Crippen LogP contribution in [-0.2, 0) is 14.3 Å². The Labute approximate surface area is 126 Å². The topological polar surface area (TPSA) is 43.4 Å². The van der Waals surface area contributed by atoms with Gasteiger partial charge in [-0.2, -0.15) is 8.42 Å². The molecule has 96 valence electrons. The Bertz CT molecular complexity index is 459. The van der Waals surface area contributed by atoms with E-state index >= 15 is 0 Å². The lowest BCUT2D eigenvalue weighted by atomic mass is 10.3. The van der Waals surface area contributed by atoms with Gasteiger partial charge in [0.25, 0.3) is 10.1 Å². The molecule has 0 spiro atoms. The molecule has 0 saturated carbocycles. The molecule has 1 atom stereocenters. The molecule has 0 saturated heterocycles. The first-order chi connectivity index (χ1) is 7.79. The number of alkyl halides is 3. The summed E-state index contributed by atoms with van der Waals surface area (Å²) < 4.78 is 28.4. The van der Waals surface area contributed by atoms with Crippen LogP contribution in [0, 0.1) is 0 Å². The normalized spacial score (nSPS) is 14.6. The molecule has 3 nitrogen and oxygen atoms in total. The van der Waals surface area contributed by atoms with Crippen LogP contribution in [0.4, 0.5) is 0 Å². The van der Waals surface area contributed by atoms with Gasteiger partial charge in [-0.05, 0) is 19.1 Å². The van der Waals surface area contributed by atoms with Crippen LogP contribution in [-0.4, -0.2) is 23.1 Å². The molecule has 1 rings (SSSR count). The van der Waals surface area contributed by atoms with Gasteiger partial charge in [0.05, 0.1) is 4.90 Å². The molecule has 17 heavy (non-hydrogen) atoms. The predicted molar refractivity (Wildman–Crippen MR) is 78.6 cm³/mol. The third-order valence-corrected chi connectivity index (χ3v) is 7.71. The summed E-state index contributed by atoms with van der Waals surface area (Å²) >= 11 is 9.97. The molecule has 1 aromatic rings. The first-order valence-corrected chi connectivity index (χ1v) is 8.83. The summed E-state index contributed by atoms with van der Waals surface area (Å²) in [6, 6.07) is 8.06. The van der Waals surface area contributed by atoms with Crippen molar-refractivity contribution in [3.8, 4) is 0 Å².